The molecule has 8 rings (SSSR count). The van der Waals surface area contributed by atoms with Gasteiger partial charge in [-0.2, -0.15) is 0 Å². The minimum Gasteiger partial charge on any atom is -0.504 e. The van der Waals surface area contributed by atoms with E-state index in [0.29, 0.717) is 28.0 Å². The number of aromatic hydroxyl groups is 1. The van der Waals surface area contributed by atoms with Crippen LogP contribution in [0.1, 0.15) is 47.2 Å². The van der Waals surface area contributed by atoms with Crippen LogP contribution in [0.5, 0.6) is 11.5 Å². The van der Waals surface area contributed by atoms with E-state index >= 15 is 0 Å². The van der Waals surface area contributed by atoms with E-state index in [1.807, 2.05) is 12.1 Å². The average molecular weight is 719 g/mol. The van der Waals surface area contributed by atoms with E-state index < -0.39 is 64.5 Å². The molecule has 2 aliphatic heterocycles. The number of phenolic OH excluding ortho intramolecular Hbond substituents is 1. The van der Waals surface area contributed by atoms with Crippen LogP contribution in [0.4, 0.5) is 15.8 Å². The van der Waals surface area contributed by atoms with Crippen LogP contribution in [-0.2, 0) is 19.2 Å². The number of methoxy groups -OCH3 is 1. The number of amides is 4. The van der Waals surface area contributed by atoms with E-state index in [0.717, 1.165) is 15.9 Å². The Hall–Kier alpha value is -5.61. The maximum absolute atomic E-state index is 14.6. The van der Waals surface area contributed by atoms with E-state index in [9.17, 15) is 33.5 Å². The summed E-state index contributed by atoms with van der Waals surface area (Å²) in [4.78, 5) is 72.7. The third kappa shape index (κ3) is 4.77. The quantitative estimate of drug-likeness (QED) is 0.131. The molecule has 9 nitrogen and oxygen atoms in total. The minimum absolute atomic E-state index is 0.0815. The topological polar surface area (TPSA) is 121 Å². The number of ketones is 1. The van der Waals surface area contributed by atoms with Crippen LogP contribution in [0.15, 0.2) is 103 Å². The first-order valence-corrected chi connectivity index (χ1v) is 17.3. The van der Waals surface area contributed by atoms with Gasteiger partial charge in [0.05, 0.1) is 46.7 Å². The molecule has 3 fully saturated rings. The molecule has 0 radical (unpaired) electrons. The molecule has 4 aromatic rings. The highest BCUT2D eigenvalue weighted by Gasteiger charge is 2.68. The van der Waals surface area contributed by atoms with E-state index in [1.54, 1.807) is 73.7 Å². The van der Waals surface area contributed by atoms with Crippen LogP contribution in [-0.4, -0.2) is 41.6 Å². The Morgan fingerprint density at radius 3 is 2.23 bits per heavy atom. The van der Waals surface area contributed by atoms with Crippen molar-refractivity contribution in [1.82, 2.24) is 0 Å². The number of hydrogen-bond acceptors (Lipinski definition) is 7. The molecule has 0 spiro atoms. The van der Waals surface area contributed by atoms with Crippen molar-refractivity contribution in [2.45, 2.75) is 25.7 Å². The largest absolute Gasteiger partial charge is 0.504 e. The smallest absolute Gasteiger partial charge is 0.241 e. The molecule has 4 aliphatic rings. The molecular formula is C41H32ClFN2O7. The second-order valence-electron chi connectivity index (χ2n) is 13.9. The van der Waals surface area contributed by atoms with Crippen molar-refractivity contribution in [3.8, 4) is 11.5 Å². The number of hydrogen-bond donors (Lipinski definition) is 1. The van der Waals surface area contributed by atoms with Crippen LogP contribution in [0, 0.1) is 34.9 Å². The average Bonchev–Trinajstić information content (AvgIpc) is 3.52. The Labute approximate surface area is 303 Å². The molecule has 6 atom stereocenters. The second-order valence-corrected chi connectivity index (χ2v) is 14.3. The van der Waals surface area contributed by atoms with Gasteiger partial charge < -0.3 is 9.84 Å². The van der Waals surface area contributed by atoms with Crippen molar-refractivity contribution in [3.05, 3.63) is 130 Å². The Bertz CT molecular complexity index is 2240. The third-order valence-electron chi connectivity index (χ3n) is 11.4. The Balaban J connectivity index is 1.20. The molecule has 0 aromatic heterocycles. The number of para-hydroxylation sites is 1. The van der Waals surface area contributed by atoms with Gasteiger partial charge in [-0.1, -0.05) is 65.7 Å². The molecule has 1 N–H and O–H groups in total. The standard InChI is InChI=1S/C41H32ClFN2O7/c1-41-29(38(49)45(40(41)51)24-15-18-31(43)30(42)19-24)20-28-25(34(41)27-9-6-10-32(52-2)36(27)47)16-17-26-33(28)39(50)44(37(26)48)23-13-11-22(12-14-23)35(46)21-7-4-3-5-8-21/h3-16,18-19,26,28-29,33-34,47H,17,20H2,1-2H3/t26-,28+,29-,33-,34+,41+/m0/s1. The van der Waals surface area contributed by atoms with Crippen LogP contribution in [0.25, 0.3) is 0 Å². The molecule has 2 heterocycles. The first kappa shape index (κ1) is 33.5. The summed E-state index contributed by atoms with van der Waals surface area (Å²) in [5.41, 5.74) is 0.917. The fraction of sp³-hybridized carbons (Fsp3) is 0.244. The summed E-state index contributed by atoms with van der Waals surface area (Å²) in [5, 5.41) is 11.2. The molecule has 2 saturated heterocycles. The van der Waals surface area contributed by atoms with E-state index in [1.165, 1.54) is 19.2 Å². The maximum Gasteiger partial charge on any atom is 0.241 e. The van der Waals surface area contributed by atoms with Crippen molar-refractivity contribution < 1.29 is 38.2 Å². The molecule has 2 aliphatic carbocycles. The van der Waals surface area contributed by atoms with Crippen molar-refractivity contribution >= 4 is 52.4 Å². The number of phenols is 1. The van der Waals surface area contributed by atoms with Crippen molar-refractivity contribution in [2.24, 2.45) is 29.1 Å². The van der Waals surface area contributed by atoms with Crippen LogP contribution in [0.3, 0.4) is 0 Å². The van der Waals surface area contributed by atoms with Crippen LogP contribution >= 0.6 is 11.6 Å². The van der Waals surface area contributed by atoms with Gasteiger partial charge in [0.15, 0.2) is 17.3 Å². The second kappa shape index (κ2) is 12.3. The lowest BCUT2D eigenvalue weighted by atomic mass is 9.51. The number of benzene rings is 4. The number of ether oxygens (including phenoxy) is 1. The Kier molecular flexibility index (Phi) is 7.91. The normalized spacial score (nSPS) is 26.5. The third-order valence-corrected chi connectivity index (χ3v) is 11.7. The lowest BCUT2D eigenvalue weighted by Crippen LogP contribution is -2.48. The van der Waals surface area contributed by atoms with Gasteiger partial charge in [0.1, 0.15) is 5.82 Å². The minimum atomic E-state index is -1.44. The van der Waals surface area contributed by atoms with Gasteiger partial charge in [-0.25, -0.2) is 9.29 Å². The van der Waals surface area contributed by atoms with Crippen LogP contribution < -0.4 is 14.5 Å². The number of carbonyl (C=O) groups is 5. The number of nitrogens with zero attached hydrogens (tertiary/aromatic N) is 2. The van der Waals surface area contributed by atoms with Gasteiger partial charge >= 0.3 is 0 Å². The lowest BCUT2D eigenvalue weighted by molar-refractivity contribution is -0.131. The predicted octanol–water partition coefficient (Wildman–Crippen LogP) is 6.86. The summed E-state index contributed by atoms with van der Waals surface area (Å²) in [6.45, 7) is 1.68. The van der Waals surface area contributed by atoms with Gasteiger partial charge in [0.2, 0.25) is 23.6 Å². The Morgan fingerprint density at radius 2 is 1.54 bits per heavy atom. The van der Waals surface area contributed by atoms with Gasteiger partial charge in [-0.15, -0.1) is 0 Å². The zero-order chi connectivity index (χ0) is 36.6. The highest BCUT2D eigenvalue weighted by atomic mass is 35.5. The molecule has 4 amide bonds. The SMILES string of the molecule is COc1cccc([C@H]2C3=CC[C@@H]4C(=O)N(c5ccc(C(=O)c6ccccc6)cc5)C(=O)[C@@H]4[C@@H]3C[C@H]3C(=O)N(c4ccc(F)c(Cl)c4)C(=O)[C@@]23C)c1O. The number of rotatable bonds is 6. The number of imide groups is 2. The number of fused-ring (bicyclic) bond motifs is 4. The fourth-order valence-electron chi connectivity index (χ4n) is 8.94. The van der Waals surface area contributed by atoms with Gasteiger partial charge in [0, 0.05) is 22.6 Å². The molecule has 0 unspecified atom stereocenters. The number of carbonyl (C=O) groups excluding carboxylic acids is 5. The molecule has 11 heteroatoms. The predicted molar refractivity (Wildman–Crippen MR) is 189 cm³/mol. The molecule has 1 saturated carbocycles. The molecule has 4 aromatic carbocycles. The molecule has 0 bridgehead atoms. The summed E-state index contributed by atoms with van der Waals surface area (Å²) >= 11 is 6.09. The van der Waals surface area contributed by atoms with E-state index in [4.69, 9.17) is 16.3 Å². The summed E-state index contributed by atoms with van der Waals surface area (Å²) < 4.78 is 19.6. The van der Waals surface area contributed by atoms with Crippen molar-refractivity contribution in [1.29, 1.82) is 0 Å². The first-order valence-electron chi connectivity index (χ1n) is 16.9. The highest BCUT2D eigenvalue weighted by Crippen LogP contribution is 2.65. The zero-order valence-electron chi connectivity index (χ0n) is 28.1. The first-order chi connectivity index (χ1) is 25.0. The summed E-state index contributed by atoms with van der Waals surface area (Å²) in [6.07, 6.45) is 2.16. The number of allylic oxidation sites excluding steroid dienone is 2. The molecule has 262 valence electrons. The lowest BCUT2D eigenvalue weighted by Gasteiger charge is -2.49. The zero-order valence-corrected chi connectivity index (χ0v) is 28.8. The van der Waals surface area contributed by atoms with Crippen LogP contribution in [0.2, 0.25) is 5.02 Å². The maximum atomic E-state index is 14.6. The van der Waals surface area contributed by atoms with E-state index in [-0.39, 0.29) is 40.8 Å². The van der Waals surface area contributed by atoms with Gasteiger partial charge in [-0.3, -0.25) is 28.9 Å². The molecular weight excluding hydrogens is 687 g/mol. The number of anilines is 2. The van der Waals surface area contributed by atoms with Gasteiger partial charge in [-0.05, 0) is 74.2 Å². The monoisotopic (exact) mass is 718 g/mol. The fourth-order valence-corrected chi connectivity index (χ4v) is 9.11. The van der Waals surface area contributed by atoms with E-state index in [2.05, 4.69) is 0 Å². The van der Waals surface area contributed by atoms with Crippen molar-refractivity contribution in [3.63, 3.8) is 0 Å². The van der Waals surface area contributed by atoms with Crippen molar-refractivity contribution in [2.75, 3.05) is 16.9 Å². The number of halogens is 2. The molecule has 52 heavy (non-hydrogen) atoms. The summed E-state index contributed by atoms with van der Waals surface area (Å²) in [5.74, 6) is -6.95. The summed E-state index contributed by atoms with van der Waals surface area (Å²) in [6, 6.07) is 23.7. The van der Waals surface area contributed by atoms with Gasteiger partial charge in [0.25, 0.3) is 0 Å². The summed E-state index contributed by atoms with van der Waals surface area (Å²) in [7, 11) is 1.41. The highest BCUT2D eigenvalue weighted by molar-refractivity contribution is 6.32. The Morgan fingerprint density at radius 1 is 0.846 bits per heavy atom.